The lowest BCUT2D eigenvalue weighted by Crippen LogP contribution is -2.10. The van der Waals surface area contributed by atoms with Gasteiger partial charge in [-0.3, -0.25) is 0 Å². The SMILES string of the molecule is CC(C)(C)c1ccc(C(Br)Cc2cccc(F)c2)cc1. The number of halogens is 2. The van der Waals surface area contributed by atoms with E-state index in [4.69, 9.17) is 0 Å². The fourth-order valence-corrected chi connectivity index (χ4v) is 2.86. The molecule has 2 aromatic rings. The number of hydrogen-bond acceptors (Lipinski definition) is 0. The molecule has 2 aromatic carbocycles. The lowest BCUT2D eigenvalue weighted by atomic mass is 9.86. The van der Waals surface area contributed by atoms with Gasteiger partial charge in [0.1, 0.15) is 5.82 Å². The quantitative estimate of drug-likeness (QED) is 0.622. The van der Waals surface area contributed by atoms with Gasteiger partial charge in [0, 0.05) is 4.83 Å². The van der Waals surface area contributed by atoms with E-state index in [9.17, 15) is 4.39 Å². The number of alkyl halides is 1. The molecule has 0 N–H and O–H groups in total. The molecule has 0 bridgehead atoms. The first-order valence-electron chi connectivity index (χ1n) is 6.85. The van der Waals surface area contributed by atoms with Crippen LogP contribution in [0.5, 0.6) is 0 Å². The average molecular weight is 335 g/mol. The summed E-state index contributed by atoms with van der Waals surface area (Å²) in [6, 6.07) is 15.4. The molecule has 0 aliphatic rings. The van der Waals surface area contributed by atoms with Gasteiger partial charge in [-0.2, -0.15) is 0 Å². The largest absolute Gasteiger partial charge is 0.207 e. The maximum atomic E-state index is 13.2. The second kappa shape index (κ2) is 6.09. The molecule has 0 aliphatic heterocycles. The van der Waals surface area contributed by atoms with Gasteiger partial charge >= 0.3 is 0 Å². The standard InChI is InChI=1S/C18H20BrF/c1-18(2,3)15-9-7-14(8-10-15)17(19)12-13-5-4-6-16(20)11-13/h4-11,17H,12H2,1-3H3. The van der Waals surface area contributed by atoms with E-state index in [0.29, 0.717) is 0 Å². The van der Waals surface area contributed by atoms with E-state index >= 15 is 0 Å². The molecule has 1 unspecified atom stereocenters. The van der Waals surface area contributed by atoms with Crippen LogP contribution in [0, 0.1) is 5.82 Å². The van der Waals surface area contributed by atoms with Crippen LogP contribution in [0.25, 0.3) is 0 Å². The minimum atomic E-state index is -0.176. The van der Waals surface area contributed by atoms with Gasteiger partial charge in [0.15, 0.2) is 0 Å². The van der Waals surface area contributed by atoms with Crippen molar-refractivity contribution in [1.82, 2.24) is 0 Å². The molecular weight excluding hydrogens is 315 g/mol. The first-order valence-corrected chi connectivity index (χ1v) is 7.77. The maximum Gasteiger partial charge on any atom is 0.123 e. The van der Waals surface area contributed by atoms with Crippen LogP contribution in [-0.4, -0.2) is 0 Å². The lowest BCUT2D eigenvalue weighted by molar-refractivity contribution is 0.590. The van der Waals surface area contributed by atoms with Crippen LogP contribution in [-0.2, 0) is 11.8 Å². The van der Waals surface area contributed by atoms with Crippen molar-refractivity contribution >= 4 is 15.9 Å². The van der Waals surface area contributed by atoms with Crippen molar-refractivity contribution in [3.05, 3.63) is 71.0 Å². The van der Waals surface area contributed by atoms with E-state index in [1.165, 1.54) is 17.2 Å². The maximum absolute atomic E-state index is 13.2. The summed E-state index contributed by atoms with van der Waals surface area (Å²) < 4.78 is 13.2. The Bertz CT molecular complexity index is 567. The summed E-state index contributed by atoms with van der Waals surface area (Å²) >= 11 is 3.70. The van der Waals surface area contributed by atoms with Crippen LogP contribution in [0.2, 0.25) is 0 Å². The summed E-state index contributed by atoms with van der Waals surface area (Å²) in [6.07, 6.45) is 0.784. The Hall–Kier alpha value is -1.15. The van der Waals surface area contributed by atoms with Crippen LogP contribution < -0.4 is 0 Å². The molecule has 2 heteroatoms. The van der Waals surface area contributed by atoms with Crippen LogP contribution >= 0.6 is 15.9 Å². The Morgan fingerprint density at radius 3 is 2.25 bits per heavy atom. The molecule has 0 saturated heterocycles. The highest BCUT2D eigenvalue weighted by Gasteiger charge is 2.14. The molecule has 0 spiro atoms. The third-order valence-corrected chi connectivity index (χ3v) is 4.29. The number of rotatable bonds is 3. The van der Waals surface area contributed by atoms with Gasteiger partial charge in [0.25, 0.3) is 0 Å². The van der Waals surface area contributed by atoms with Crippen molar-refractivity contribution in [2.24, 2.45) is 0 Å². The zero-order valence-electron chi connectivity index (χ0n) is 12.2. The van der Waals surface area contributed by atoms with E-state index in [2.05, 4.69) is 61.0 Å². The Morgan fingerprint density at radius 2 is 1.70 bits per heavy atom. The molecule has 2 rings (SSSR count). The highest BCUT2D eigenvalue weighted by Crippen LogP contribution is 2.29. The van der Waals surface area contributed by atoms with Crippen LogP contribution in [0.4, 0.5) is 4.39 Å². The van der Waals surface area contributed by atoms with E-state index in [1.807, 2.05) is 6.07 Å². The first-order chi connectivity index (χ1) is 9.36. The number of hydrogen-bond donors (Lipinski definition) is 0. The molecule has 0 amide bonds. The van der Waals surface area contributed by atoms with Gasteiger partial charge in [-0.1, -0.05) is 73.1 Å². The Balaban J connectivity index is 2.11. The Morgan fingerprint density at radius 1 is 1.05 bits per heavy atom. The van der Waals surface area contributed by atoms with Crippen molar-refractivity contribution in [2.45, 2.75) is 37.4 Å². The van der Waals surface area contributed by atoms with Crippen molar-refractivity contribution < 1.29 is 4.39 Å². The van der Waals surface area contributed by atoms with Crippen molar-refractivity contribution in [3.63, 3.8) is 0 Å². The summed E-state index contributed by atoms with van der Waals surface area (Å²) in [6.45, 7) is 6.63. The molecule has 0 aliphatic carbocycles. The highest BCUT2D eigenvalue weighted by molar-refractivity contribution is 9.09. The van der Waals surface area contributed by atoms with Gasteiger partial charge in [-0.15, -0.1) is 0 Å². The molecule has 20 heavy (non-hydrogen) atoms. The Kier molecular flexibility index (Phi) is 4.64. The molecule has 106 valence electrons. The number of benzene rings is 2. The van der Waals surface area contributed by atoms with E-state index in [0.717, 1.165) is 12.0 Å². The lowest BCUT2D eigenvalue weighted by Gasteiger charge is -2.20. The minimum Gasteiger partial charge on any atom is -0.207 e. The fraction of sp³-hybridized carbons (Fsp3) is 0.333. The first kappa shape index (κ1) is 15.2. The zero-order valence-corrected chi connectivity index (χ0v) is 13.7. The highest BCUT2D eigenvalue weighted by atomic mass is 79.9. The van der Waals surface area contributed by atoms with E-state index < -0.39 is 0 Å². The summed E-state index contributed by atoms with van der Waals surface area (Å²) in [5, 5.41) is 0. The van der Waals surface area contributed by atoms with Crippen LogP contribution in [0.15, 0.2) is 48.5 Å². The minimum absolute atomic E-state index is 0.170. The Labute approximate surface area is 129 Å². The smallest absolute Gasteiger partial charge is 0.123 e. The fourth-order valence-electron chi connectivity index (χ4n) is 2.18. The van der Waals surface area contributed by atoms with Gasteiger partial charge in [0.2, 0.25) is 0 Å². The predicted octanol–water partition coefficient (Wildman–Crippen LogP) is 5.80. The van der Waals surface area contributed by atoms with Crippen molar-refractivity contribution in [1.29, 1.82) is 0 Å². The van der Waals surface area contributed by atoms with E-state index in [-0.39, 0.29) is 16.1 Å². The molecule has 0 aromatic heterocycles. The predicted molar refractivity (Wildman–Crippen MR) is 86.9 cm³/mol. The van der Waals surface area contributed by atoms with Crippen LogP contribution in [0.3, 0.4) is 0 Å². The molecular formula is C18H20BrF. The molecule has 0 saturated carbocycles. The second-order valence-corrected chi connectivity index (χ2v) is 7.28. The summed E-state index contributed by atoms with van der Waals surface area (Å²) in [7, 11) is 0. The second-order valence-electron chi connectivity index (χ2n) is 6.17. The summed E-state index contributed by atoms with van der Waals surface area (Å²) in [5.41, 5.74) is 3.73. The molecule has 0 radical (unpaired) electrons. The van der Waals surface area contributed by atoms with Gasteiger partial charge in [0.05, 0.1) is 0 Å². The van der Waals surface area contributed by atoms with Crippen LogP contribution in [0.1, 0.15) is 42.3 Å². The zero-order chi connectivity index (χ0) is 14.8. The molecule has 1 atom stereocenters. The third-order valence-electron chi connectivity index (χ3n) is 3.44. The molecule has 0 heterocycles. The average Bonchev–Trinajstić information content (AvgIpc) is 2.38. The molecule has 0 fully saturated rings. The normalized spacial score (nSPS) is 13.2. The van der Waals surface area contributed by atoms with Gasteiger partial charge in [-0.05, 0) is 40.7 Å². The van der Waals surface area contributed by atoms with E-state index in [1.54, 1.807) is 12.1 Å². The third kappa shape index (κ3) is 3.92. The van der Waals surface area contributed by atoms with Gasteiger partial charge < -0.3 is 0 Å². The topological polar surface area (TPSA) is 0 Å². The molecule has 0 nitrogen and oxygen atoms in total. The summed E-state index contributed by atoms with van der Waals surface area (Å²) in [4.78, 5) is 0.207. The van der Waals surface area contributed by atoms with Crippen molar-refractivity contribution in [2.75, 3.05) is 0 Å². The monoisotopic (exact) mass is 334 g/mol. The summed E-state index contributed by atoms with van der Waals surface area (Å²) in [5.74, 6) is -0.176. The van der Waals surface area contributed by atoms with Gasteiger partial charge in [-0.25, -0.2) is 4.39 Å². The van der Waals surface area contributed by atoms with Crippen molar-refractivity contribution in [3.8, 4) is 0 Å².